The first-order chi connectivity index (χ1) is 5.82. The average molecular weight is 238 g/mol. The number of aliphatic hydroxyl groups is 4. The van der Waals surface area contributed by atoms with Crippen LogP contribution < -0.4 is 0 Å². The lowest BCUT2D eigenvalue weighted by Gasteiger charge is -2.44. The van der Waals surface area contributed by atoms with E-state index < -0.39 is 38.8 Å². The number of hydrogen-bond donors (Lipinski definition) is 7. The van der Waals surface area contributed by atoms with Gasteiger partial charge in [0, 0.05) is 0 Å². The summed E-state index contributed by atoms with van der Waals surface area (Å²) in [6.07, 6.45) is 0. The fraction of sp³-hybridized carbons (Fsp3) is 1.00. The van der Waals surface area contributed by atoms with Gasteiger partial charge in [-0.05, 0) is 0 Å². The van der Waals surface area contributed by atoms with Crippen molar-refractivity contribution < 1.29 is 35.1 Å². The van der Waals surface area contributed by atoms with Gasteiger partial charge in [0.25, 0.3) is 6.72 Å². The summed E-state index contributed by atoms with van der Waals surface area (Å²) in [5, 5.41) is 35.5. The molecule has 0 radical (unpaired) electrons. The van der Waals surface area contributed by atoms with Gasteiger partial charge in [0.2, 0.25) is 0 Å². The van der Waals surface area contributed by atoms with Crippen LogP contribution in [-0.2, 0) is 8.34 Å². The zero-order valence-electron chi connectivity index (χ0n) is 6.81. The predicted molar refractivity (Wildman–Crippen MR) is 49.3 cm³/mol. The van der Waals surface area contributed by atoms with Crippen molar-refractivity contribution in [2.45, 2.75) is 0 Å². The smallest absolute Gasteiger partial charge is 0.269 e. The van der Waals surface area contributed by atoms with Crippen LogP contribution in [0, 0.1) is 0 Å². The van der Waals surface area contributed by atoms with Gasteiger partial charge in [-0.2, -0.15) is 0 Å². The lowest BCUT2D eigenvalue weighted by atomic mass is 11.6. The van der Waals surface area contributed by atoms with Crippen LogP contribution in [0.1, 0.15) is 0 Å². The van der Waals surface area contributed by atoms with Gasteiger partial charge in [-0.3, -0.25) is 0 Å². The van der Waals surface area contributed by atoms with Gasteiger partial charge < -0.3 is 35.1 Å². The van der Waals surface area contributed by atoms with Crippen LogP contribution in [-0.4, -0.2) is 58.9 Å². The van der Waals surface area contributed by atoms with Gasteiger partial charge in [0.15, 0.2) is 0 Å². The zero-order chi connectivity index (χ0) is 10.8. The van der Waals surface area contributed by atoms with Gasteiger partial charge in [0.1, 0.15) is 0 Å². The van der Waals surface area contributed by atoms with E-state index in [2.05, 4.69) is 0 Å². The third-order valence-electron chi connectivity index (χ3n) is 2.02. The molecule has 0 aliphatic rings. The molecule has 0 fully saturated rings. The molecule has 0 rings (SSSR count). The molecule has 0 aromatic carbocycles. The Morgan fingerprint density at radius 3 is 0.923 bits per heavy atom. The minimum Gasteiger partial charge on any atom is -0.387 e. The highest BCUT2D eigenvalue weighted by Crippen LogP contribution is 2.53. The van der Waals surface area contributed by atoms with Gasteiger partial charge in [-0.1, -0.05) is 8.34 Å². The zero-order valence-corrected chi connectivity index (χ0v) is 8.53. The van der Waals surface area contributed by atoms with Crippen LogP contribution >= 0.6 is 6.72 Å². The Hall–Kier alpha value is 0.500. The molecule has 7 N–H and O–H groups in total. The van der Waals surface area contributed by atoms with E-state index in [-0.39, 0.29) is 0 Å². The highest BCUT2D eigenvalue weighted by Gasteiger charge is 2.42. The van der Waals surface area contributed by atoms with Crippen LogP contribution in [0.15, 0.2) is 0 Å². The van der Waals surface area contributed by atoms with E-state index in [0.717, 1.165) is 0 Å². The normalized spacial score (nSPS) is 16.7. The number of aliphatic hydroxyl groups excluding tert-OH is 4. The summed E-state index contributed by atoms with van der Waals surface area (Å²) in [5.74, 6) is -4.17. The molecular formula is C4H15O7PS. The first kappa shape index (κ1) is 13.5. The van der Waals surface area contributed by atoms with Gasteiger partial charge in [0.05, 0.1) is 23.8 Å². The van der Waals surface area contributed by atoms with E-state index in [4.69, 9.17) is 35.1 Å². The van der Waals surface area contributed by atoms with Crippen molar-refractivity contribution in [3.8, 4) is 0 Å². The van der Waals surface area contributed by atoms with Crippen LogP contribution in [0.4, 0.5) is 0 Å². The standard InChI is InChI=1S/C4H15O7PS/c5-1-13(2-6,3-7,4-8)12(9,10)11/h5-11H,1-4H2. The number of rotatable bonds is 4. The SMILES string of the molecule is OCS(CO)(CO)(CO)=P(O)(O)O. The molecule has 0 spiro atoms. The molecule has 84 valence electrons. The van der Waals surface area contributed by atoms with Crippen LogP contribution in [0.5, 0.6) is 0 Å². The molecule has 0 unspecified atom stereocenters. The number of hydrogen-bond acceptors (Lipinski definition) is 4. The molecule has 0 saturated carbocycles. The van der Waals surface area contributed by atoms with E-state index in [0.29, 0.717) is 0 Å². The molecule has 0 atom stereocenters. The van der Waals surface area contributed by atoms with Gasteiger partial charge in [-0.15, -0.1) is 0 Å². The first-order valence-corrected chi connectivity index (χ1v) is 8.17. The topological polar surface area (TPSA) is 142 Å². The maximum atomic E-state index is 9.01. The van der Waals surface area contributed by atoms with Gasteiger partial charge in [-0.25, -0.2) is 0 Å². The Bertz CT molecular complexity index is 222. The molecule has 0 aliphatic heterocycles. The highest BCUT2D eigenvalue weighted by atomic mass is 32.6. The minimum atomic E-state index is -4.68. The van der Waals surface area contributed by atoms with E-state index in [1.165, 1.54) is 0 Å². The van der Waals surface area contributed by atoms with Crippen molar-refractivity contribution in [3.05, 3.63) is 0 Å². The van der Waals surface area contributed by atoms with E-state index in [1.807, 2.05) is 0 Å². The third-order valence-corrected chi connectivity index (χ3v) is 11.6. The lowest BCUT2D eigenvalue weighted by Crippen LogP contribution is -2.47. The van der Waals surface area contributed by atoms with Crippen LogP contribution in [0.25, 0.3) is 0 Å². The quantitative estimate of drug-likeness (QED) is 0.261. The molecule has 0 bridgehead atoms. The Kier molecular flexibility index (Phi) is 4.08. The van der Waals surface area contributed by atoms with Crippen molar-refractivity contribution >= 4 is 15.1 Å². The lowest BCUT2D eigenvalue weighted by molar-refractivity contribution is 0.288. The summed E-state index contributed by atoms with van der Waals surface area (Å²) >= 11 is 0. The average Bonchev–Trinajstić information content (AvgIpc) is 2.08. The molecule has 0 heterocycles. The highest BCUT2D eigenvalue weighted by molar-refractivity contribution is 8.50. The second kappa shape index (κ2) is 3.93. The second-order valence-corrected chi connectivity index (χ2v) is 12.9. The van der Waals surface area contributed by atoms with Crippen LogP contribution in [0.3, 0.4) is 0 Å². The third kappa shape index (κ3) is 1.70. The minimum absolute atomic E-state index is 1.04. The van der Waals surface area contributed by atoms with Gasteiger partial charge >= 0.3 is 0 Å². The summed E-state index contributed by atoms with van der Waals surface area (Å²) in [5.41, 5.74) is 0. The van der Waals surface area contributed by atoms with E-state index in [1.54, 1.807) is 0 Å². The van der Waals surface area contributed by atoms with Crippen molar-refractivity contribution in [3.63, 3.8) is 0 Å². The first-order valence-electron chi connectivity index (χ1n) is 3.20. The predicted octanol–water partition coefficient (Wildman–Crippen LogP) is -2.87. The largest absolute Gasteiger partial charge is 0.387 e. The second-order valence-electron chi connectivity index (χ2n) is 2.77. The van der Waals surface area contributed by atoms with Crippen molar-refractivity contribution in [1.82, 2.24) is 0 Å². The fourth-order valence-corrected chi connectivity index (χ4v) is 3.52. The Morgan fingerprint density at radius 2 is 0.923 bits per heavy atom. The molecule has 13 heavy (non-hydrogen) atoms. The molecule has 0 saturated heterocycles. The molecule has 7 nitrogen and oxygen atoms in total. The van der Waals surface area contributed by atoms with E-state index >= 15 is 0 Å². The van der Waals surface area contributed by atoms with E-state index in [9.17, 15) is 0 Å². The monoisotopic (exact) mass is 238 g/mol. The van der Waals surface area contributed by atoms with Crippen molar-refractivity contribution in [2.75, 3.05) is 23.8 Å². The molecule has 0 aromatic heterocycles. The molecule has 9 heteroatoms. The molecule has 0 amide bonds. The van der Waals surface area contributed by atoms with Crippen molar-refractivity contribution in [1.29, 1.82) is 0 Å². The Balaban J connectivity index is 5.97. The Labute approximate surface area is 74.6 Å². The summed E-state index contributed by atoms with van der Waals surface area (Å²) in [4.78, 5) is 27.0. The fourth-order valence-electron chi connectivity index (χ4n) is 0.555. The molecular weight excluding hydrogens is 223 g/mol. The summed E-state index contributed by atoms with van der Waals surface area (Å²) in [7, 11) is -4.15. The van der Waals surface area contributed by atoms with Crippen molar-refractivity contribution in [2.24, 2.45) is 0 Å². The summed E-state index contributed by atoms with van der Waals surface area (Å²) in [6, 6.07) is 0. The molecule has 0 aromatic rings. The maximum Gasteiger partial charge on any atom is 0.269 e. The summed E-state index contributed by atoms with van der Waals surface area (Å²) < 4.78 is 0. The molecule has 0 aliphatic carbocycles. The summed E-state index contributed by atoms with van der Waals surface area (Å²) in [6.45, 7) is -4.68. The Morgan fingerprint density at radius 1 is 0.692 bits per heavy atom. The maximum absolute atomic E-state index is 9.01. The van der Waals surface area contributed by atoms with Crippen LogP contribution in [0.2, 0.25) is 0 Å².